The Hall–Kier alpha value is -6.13. The summed E-state index contributed by atoms with van der Waals surface area (Å²) in [6, 6.07) is 10.7. The highest BCUT2D eigenvalue weighted by molar-refractivity contribution is 5.97. The van der Waals surface area contributed by atoms with E-state index in [9.17, 15) is 49.2 Å². The second-order valence-corrected chi connectivity index (χ2v) is 18.3. The zero-order valence-corrected chi connectivity index (χ0v) is 44.8. The molecule has 1 heterocycles. The van der Waals surface area contributed by atoms with Crippen molar-refractivity contribution in [2.45, 2.75) is 138 Å². The van der Waals surface area contributed by atoms with Crippen molar-refractivity contribution in [3.63, 3.8) is 0 Å². The topological polar surface area (TPSA) is 282 Å². The van der Waals surface area contributed by atoms with E-state index in [0.717, 1.165) is 4.90 Å². The molecule has 2 aromatic carbocycles. The third kappa shape index (κ3) is 21.5. The van der Waals surface area contributed by atoms with Gasteiger partial charge in [-0.05, 0) is 42.5 Å². The Morgan fingerprint density at radius 2 is 1.51 bits per heavy atom. The molecule has 73 heavy (non-hydrogen) atoms. The molecule has 1 fully saturated rings. The van der Waals surface area contributed by atoms with Gasteiger partial charge in [0.2, 0.25) is 18.1 Å². The molecule has 0 aliphatic carbocycles. The Kier molecular flexibility index (Phi) is 29.2. The number of nitrogens with one attached hydrogen (secondary N) is 2. The molecule has 21 heteroatoms. The van der Waals surface area contributed by atoms with E-state index in [1.807, 2.05) is 13.8 Å². The first kappa shape index (κ1) is 64.9. The van der Waals surface area contributed by atoms with E-state index in [1.165, 1.54) is 62.8 Å². The summed E-state index contributed by atoms with van der Waals surface area (Å²) in [5.74, 6) is -4.55. The molecule has 0 saturated carbocycles. The average molecular weight is 1030 g/mol. The minimum absolute atomic E-state index is 0.0268. The van der Waals surface area contributed by atoms with Crippen LogP contribution in [0.5, 0.6) is 5.75 Å². The Balaban J connectivity index is 0.00000513. The number of nitrogens with zero attached hydrogens (tertiary/aromatic N) is 3. The minimum atomic E-state index is -1.69. The van der Waals surface area contributed by atoms with Gasteiger partial charge in [-0.15, -0.1) is 0 Å². The fourth-order valence-corrected chi connectivity index (χ4v) is 6.95. The van der Waals surface area contributed by atoms with E-state index in [2.05, 4.69) is 29.6 Å². The van der Waals surface area contributed by atoms with Gasteiger partial charge in [0.1, 0.15) is 37.2 Å². The van der Waals surface area contributed by atoms with Crippen molar-refractivity contribution in [3.05, 3.63) is 76.9 Å². The van der Waals surface area contributed by atoms with E-state index in [4.69, 9.17) is 28.5 Å². The molecular formula is C52H81N5O16. The number of oxime groups is 1. The number of hydrogen-bond donors (Lipinski definition) is 6. The van der Waals surface area contributed by atoms with E-state index in [-0.39, 0.29) is 62.0 Å². The van der Waals surface area contributed by atoms with Gasteiger partial charge in [-0.25, -0.2) is 14.4 Å². The van der Waals surface area contributed by atoms with Crippen LogP contribution in [-0.2, 0) is 55.0 Å². The Morgan fingerprint density at radius 3 is 2.08 bits per heavy atom. The molecule has 6 N–H and O–H groups in total. The molecular weight excluding hydrogens is 951 g/mol. The van der Waals surface area contributed by atoms with Crippen molar-refractivity contribution >= 4 is 42.0 Å². The van der Waals surface area contributed by atoms with Crippen LogP contribution in [0.4, 0.5) is 4.79 Å². The number of carboxylic acid groups (broad SMARTS) is 2. The fraction of sp³-hybridized carbons (Fsp3) is 0.596. The average Bonchev–Trinajstić information content (AvgIpc) is 3.35. The van der Waals surface area contributed by atoms with Gasteiger partial charge in [-0.1, -0.05) is 116 Å². The van der Waals surface area contributed by atoms with Crippen LogP contribution in [0.15, 0.2) is 65.3 Å². The molecule has 6 atom stereocenters. The molecule has 1 saturated heterocycles. The first-order valence-electron chi connectivity index (χ1n) is 24.4. The van der Waals surface area contributed by atoms with Crippen LogP contribution < -0.4 is 15.4 Å². The van der Waals surface area contributed by atoms with Gasteiger partial charge in [0.25, 0.3) is 5.91 Å². The fourth-order valence-electron chi connectivity index (χ4n) is 6.95. The summed E-state index contributed by atoms with van der Waals surface area (Å²) >= 11 is 0. The third-order valence-corrected chi connectivity index (χ3v) is 10.9. The van der Waals surface area contributed by atoms with Crippen molar-refractivity contribution in [2.75, 3.05) is 60.2 Å². The molecule has 4 amide bonds. The number of aliphatic hydroxyl groups is 2. The number of ether oxygens (including phenoxy) is 5. The summed E-state index contributed by atoms with van der Waals surface area (Å²) in [6.07, 6.45) is -3.59. The summed E-state index contributed by atoms with van der Waals surface area (Å²) < 4.78 is 27.9. The molecule has 21 nitrogen and oxygen atoms in total. The van der Waals surface area contributed by atoms with Gasteiger partial charge < -0.3 is 64.5 Å². The van der Waals surface area contributed by atoms with Crippen molar-refractivity contribution in [3.8, 4) is 5.75 Å². The highest BCUT2D eigenvalue weighted by Crippen LogP contribution is 2.33. The summed E-state index contributed by atoms with van der Waals surface area (Å²) in [7, 11) is 2.87. The number of hydrogen-bond acceptors (Lipinski definition) is 15. The van der Waals surface area contributed by atoms with Crippen molar-refractivity contribution in [1.82, 2.24) is 20.4 Å². The highest BCUT2D eigenvalue weighted by atomic mass is 16.7. The van der Waals surface area contributed by atoms with Crippen molar-refractivity contribution in [1.29, 1.82) is 0 Å². The lowest BCUT2D eigenvalue weighted by molar-refractivity contribution is -0.238. The molecule has 410 valence electrons. The highest BCUT2D eigenvalue weighted by Gasteiger charge is 2.45. The van der Waals surface area contributed by atoms with Gasteiger partial charge in [0, 0.05) is 50.8 Å². The number of amides is 4. The van der Waals surface area contributed by atoms with Gasteiger partial charge in [-0.3, -0.25) is 19.3 Å². The van der Waals surface area contributed by atoms with Crippen LogP contribution >= 0.6 is 0 Å². The van der Waals surface area contributed by atoms with E-state index in [1.54, 1.807) is 71.9 Å². The maximum atomic E-state index is 14.6. The van der Waals surface area contributed by atoms with Gasteiger partial charge in [-0.2, -0.15) is 0 Å². The number of aliphatic hydroxyl groups excluding tert-OH is 2. The molecule has 1 aliphatic heterocycles. The van der Waals surface area contributed by atoms with Crippen LogP contribution in [0.25, 0.3) is 0 Å². The lowest BCUT2D eigenvalue weighted by atomic mass is 9.76. The van der Waals surface area contributed by atoms with E-state index in [0.29, 0.717) is 12.2 Å². The van der Waals surface area contributed by atoms with Crippen LogP contribution in [0, 0.1) is 5.41 Å². The first-order chi connectivity index (χ1) is 34.4. The van der Waals surface area contributed by atoms with Gasteiger partial charge in [0.05, 0.1) is 38.1 Å². The Bertz CT molecular complexity index is 2090. The molecule has 5 unspecified atom stereocenters. The minimum Gasteiger partial charge on any atom is -0.479 e. The van der Waals surface area contributed by atoms with Crippen LogP contribution in [0.1, 0.15) is 110 Å². The monoisotopic (exact) mass is 1030 g/mol. The quantitative estimate of drug-likeness (QED) is 0.0325. The Labute approximate surface area is 430 Å². The van der Waals surface area contributed by atoms with E-state index >= 15 is 0 Å². The van der Waals surface area contributed by atoms with Crippen LogP contribution in [0.3, 0.4) is 0 Å². The number of rotatable bonds is 25. The number of carbonyl (C=O) groups is 6. The lowest BCUT2D eigenvalue weighted by Gasteiger charge is -2.41. The second kappa shape index (κ2) is 32.8. The summed E-state index contributed by atoms with van der Waals surface area (Å²) in [5, 5.41) is 49.0. The van der Waals surface area contributed by atoms with Crippen molar-refractivity contribution < 1.29 is 77.7 Å². The smallest absolute Gasteiger partial charge is 0.410 e. The predicted octanol–water partition coefficient (Wildman–Crippen LogP) is 5.15. The lowest BCUT2D eigenvalue weighted by Crippen LogP contribution is -2.62. The standard InChI is InChI=1S/C47H67N5O16.C3H8.C2H6/c1-10-49-66-25-24-64-23-22-63-21-19-48-39(55)32-26-30(16-17-34(32)67-44-36(54)33(53)27-35(68-44)43(60)61)28-65-45(62)52(9)38(47(6,7)31-14-12-11-13-15-31)40(56)50-37(46(3,4)5)41(57)51(8)20-18-29(2)42(58)59;1-3-2;1-2/h10-18,26,33,35-38,44,53-54H,19-25,27-28H2,1-9H3,(H,48,55)(H,50,56)(H,58,59)(H,60,61);3H2,1-2H3;1-2H3/b29-18+,49-10+;;/t33?,35?,36-,37?,38?,44?;;/m1../s1. The molecule has 3 rings (SSSR count). The van der Waals surface area contributed by atoms with Crippen LogP contribution in [-0.4, -0.2) is 169 Å². The maximum Gasteiger partial charge on any atom is 0.410 e. The van der Waals surface area contributed by atoms with Gasteiger partial charge in [0.15, 0.2) is 6.10 Å². The van der Waals surface area contributed by atoms with Crippen LogP contribution in [0.2, 0.25) is 0 Å². The first-order valence-corrected chi connectivity index (χ1v) is 24.4. The zero-order chi connectivity index (χ0) is 55.5. The van der Waals surface area contributed by atoms with Gasteiger partial charge >= 0.3 is 18.0 Å². The molecule has 0 aromatic heterocycles. The maximum absolute atomic E-state index is 14.6. The molecule has 0 radical (unpaired) electrons. The summed E-state index contributed by atoms with van der Waals surface area (Å²) in [4.78, 5) is 86.6. The van der Waals surface area contributed by atoms with E-state index < -0.39 is 96.3 Å². The number of carbonyl (C=O) groups excluding carboxylic acids is 4. The number of aliphatic carboxylic acids is 2. The number of carboxylic acids is 2. The molecule has 2 aromatic rings. The number of likely N-dealkylation sites (N-methyl/N-ethyl adjacent to an activating group) is 2. The largest absolute Gasteiger partial charge is 0.479 e. The predicted molar refractivity (Wildman–Crippen MR) is 273 cm³/mol. The molecule has 1 aliphatic rings. The molecule has 0 spiro atoms. The zero-order valence-electron chi connectivity index (χ0n) is 44.8. The normalized spacial score (nSPS) is 17.5. The second-order valence-electron chi connectivity index (χ2n) is 18.3. The summed E-state index contributed by atoms with van der Waals surface area (Å²) in [6.45, 7) is 20.9. The third-order valence-electron chi connectivity index (χ3n) is 10.9. The number of benzene rings is 2. The van der Waals surface area contributed by atoms with Crippen molar-refractivity contribution in [2.24, 2.45) is 10.6 Å². The molecule has 0 bridgehead atoms. The SMILES string of the molecule is C/C=N/OCCOCCOCCNC(=O)c1cc(COC(=O)N(C)C(C(=O)NC(C(=O)N(C)C/C=C(\C)C(=O)O)C(C)(C)C)C(C)(C)c2ccccc2)ccc1OC1OC(C(=O)O)CC(O)[C@H]1O.CC.CCC. The summed E-state index contributed by atoms with van der Waals surface area (Å²) in [5.41, 5.74) is -1.05. The Morgan fingerprint density at radius 1 is 0.904 bits per heavy atom.